The third-order valence-electron chi connectivity index (χ3n) is 7.86. The second-order valence-corrected chi connectivity index (χ2v) is 10.9. The van der Waals surface area contributed by atoms with Crippen LogP contribution in [0.25, 0.3) is 22.6 Å². The SMILES string of the molecule is Cn1nnc(C(c2ccccc2)N2CCN(C(=O)c3cc(-c4nc5cc(N6CC(F)(F)CC6=O)ccc5o4)ccn3)CC2)n1. The van der Waals surface area contributed by atoms with E-state index in [1.807, 2.05) is 30.3 Å². The molecule has 224 valence electrons. The van der Waals surface area contributed by atoms with Crippen LogP contribution in [0.5, 0.6) is 0 Å². The van der Waals surface area contributed by atoms with Crippen molar-refractivity contribution in [3.8, 4) is 11.5 Å². The molecule has 3 aromatic heterocycles. The molecule has 2 aliphatic rings. The quantitative estimate of drug-likeness (QED) is 0.289. The Bertz CT molecular complexity index is 1850. The number of hydrogen-bond donors (Lipinski definition) is 0. The van der Waals surface area contributed by atoms with E-state index >= 15 is 0 Å². The highest BCUT2D eigenvalue weighted by molar-refractivity contribution is 5.98. The van der Waals surface area contributed by atoms with Crippen LogP contribution in [-0.4, -0.2) is 90.4 Å². The van der Waals surface area contributed by atoms with Crippen LogP contribution >= 0.6 is 0 Å². The fourth-order valence-electron chi connectivity index (χ4n) is 5.73. The molecule has 2 saturated heterocycles. The number of pyridine rings is 1. The summed E-state index contributed by atoms with van der Waals surface area (Å²) in [6.45, 7) is 1.49. The first-order chi connectivity index (χ1) is 21.2. The van der Waals surface area contributed by atoms with Gasteiger partial charge in [0, 0.05) is 43.6 Å². The number of tetrazole rings is 1. The summed E-state index contributed by atoms with van der Waals surface area (Å²) in [4.78, 5) is 40.9. The highest BCUT2D eigenvalue weighted by atomic mass is 19.3. The van der Waals surface area contributed by atoms with Gasteiger partial charge >= 0.3 is 0 Å². The highest BCUT2D eigenvalue weighted by Gasteiger charge is 2.44. The molecule has 0 saturated carbocycles. The molecule has 0 radical (unpaired) electrons. The zero-order chi connectivity index (χ0) is 30.4. The van der Waals surface area contributed by atoms with E-state index in [2.05, 4.69) is 30.3 Å². The first-order valence-corrected chi connectivity index (χ1v) is 14.1. The number of hydrogen-bond acceptors (Lipinski definition) is 9. The van der Waals surface area contributed by atoms with Crippen molar-refractivity contribution in [2.75, 3.05) is 37.6 Å². The van der Waals surface area contributed by atoms with E-state index in [1.54, 1.807) is 42.3 Å². The Hall–Kier alpha value is -5.11. The summed E-state index contributed by atoms with van der Waals surface area (Å²) in [7, 11) is 1.73. The van der Waals surface area contributed by atoms with E-state index < -0.39 is 24.8 Å². The molecule has 44 heavy (non-hydrogen) atoms. The van der Waals surface area contributed by atoms with Crippen LogP contribution in [0, 0.1) is 0 Å². The standard InChI is InChI=1S/C30H27F2N9O3/c1-38-36-27(35-37-38)26(19-5-3-2-4-6-19)39-11-13-40(14-12-39)29(43)23-15-20(9-10-33-23)28-34-22-16-21(7-8-24(22)44-28)41-18-30(31,32)17-25(41)42/h2-10,15-16,26H,11-14,17-18H2,1H3. The Kier molecular flexibility index (Phi) is 6.84. The molecule has 7 rings (SSSR count). The molecular weight excluding hydrogens is 572 g/mol. The lowest BCUT2D eigenvalue weighted by atomic mass is 10.0. The third-order valence-corrected chi connectivity index (χ3v) is 7.86. The Morgan fingerprint density at radius 1 is 1.02 bits per heavy atom. The number of alkyl halides is 2. The second-order valence-electron chi connectivity index (χ2n) is 10.9. The summed E-state index contributed by atoms with van der Waals surface area (Å²) in [5, 5.41) is 12.7. The number of halogens is 2. The molecule has 1 atom stereocenters. The van der Waals surface area contributed by atoms with Crippen molar-refractivity contribution in [3.05, 3.63) is 83.9 Å². The van der Waals surface area contributed by atoms with Crippen LogP contribution in [0.1, 0.15) is 34.3 Å². The minimum Gasteiger partial charge on any atom is -0.436 e. The number of fused-ring (bicyclic) bond motifs is 1. The van der Waals surface area contributed by atoms with Gasteiger partial charge in [0.05, 0.1) is 26.1 Å². The fraction of sp³-hybridized carbons (Fsp3) is 0.300. The summed E-state index contributed by atoms with van der Waals surface area (Å²) in [5.41, 5.74) is 3.00. The van der Waals surface area contributed by atoms with Crippen LogP contribution < -0.4 is 4.90 Å². The molecule has 0 spiro atoms. The van der Waals surface area contributed by atoms with Crippen molar-refractivity contribution in [2.24, 2.45) is 7.05 Å². The Morgan fingerprint density at radius 3 is 2.52 bits per heavy atom. The van der Waals surface area contributed by atoms with Crippen molar-refractivity contribution in [2.45, 2.75) is 18.4 Å². The zero-order valence-electron chi connectivity index (χ0n) is 23.7. The number of aromatic nitrogens is 6. The lowest BCUT2D eigenvalue weighted by Gasteiger charge is -2.38. The van der Waals surface area contributed by atoms with Gasteiger partial charge in [-0.15, -0.1) is 10.2 Å². The Balaban J connectivity index is 1.07. The van der Waals surface area contributed by atoms with E-state index in [9.17, 15) is 18.4 Å². The largest absolute Gasteiger partial charge is 0.436 e. The summed E-state index contributed by atoms with van der Waals surface area (Å²) < 4.78 is 33.4. The van der Waals surface area contributed by atoms with Gasteiger partial charge in [0.2, 0.25) is 11.8 Å². The molecule has 5 heterocycles. The summed E-state index contributed by atoms with van der Waals surface area (Å²) in [5.74, 6) is -3.07. The molecule has 0 bridgehead atoms. The molecular formula is C30H27F2N9O3. The van der Waals surface area contributed by atoms with E-state index in [-0.39, 0.29) is 23.5 Å². The Labute approximate surface area is 249 Å². The van der Waals surface area contributed by atoms with Gasteiger partial charge < -0.3 is 14.2 Å². The number of amides is 2. The van der Waals surface area contributed by atoms with Gasteiger partial charge in [-0.3, -0.25) is 19.5 Å². The van der Waals surface area contributed by atoms with E-state index in [1.165, 1.54) is 11.0 Å². The van der Waals surface area contributed by atoms with Crippen LogP contribution in [0.3, 0.4) is 0 Å². The Morgan fingerprint density at radius 2 is 1.82 bits per heavy atom. The van der Waals surface area contributed by atoms with Crippen molar-refractivity contribution in [1.29, 1.82) is 0 Å². The van der Waals surface area contributed by atoms with Crippen molar-refractivity contribution in [3.63, 3.8) is 0 Å². The first-order valence-electron chi connectivity index (χ1n) is 14.1. The van der Waals surface area contributed by atoms with E-state index in [0.717, 1.165) is 10.5 Å². The summed E-state index contributed by atoms with van der Waals surface area (Å²) in [6.07, 6.45) is 0.708. The molecule has 14 heteroatoms. The monoisotopic (exact) mass is 599 g/mol. The van der Waals surface area contributed by atoms with Crippen LogP contribution in [0.4, 0.5) is 14.5 Å². The molecule has 0 N–H and O–H groups in total. The van der Waals surface area contributed by atoms with E-state index in [0.29, 0.717) is 54.4 Å². The number of nitrogens with zero attached hydrogens (tertiary/aromatic N) is 9. The third kappa shape index (κ3) is 5.28. The second kappa shape index (κ2) is 10.9. The first kappa shape index (κ1) is 27.7. The van der Waals surface area contributed by atoms with Gasteiger partial charge in [-0.2, -0.15) is 4.80 Å². The smallest absolute Gasteiger partial charge is 0.274 e. The van der Waals surface area contributed by atoms with Crippen LogP contribution in [-0.2, 0) is 11.8 Å². The number of anilines is 1. The lowest BCUT2D eigenvalue weighted by molar-refractivity contribution is -0.119. The number of oxazole rings is 1. The van der Waals surface area contributed by atoms with Gasteiger partial charge in [0.25, 0.3) is 11.8 Å². The predicted octanol–water partition coefficient (Wildman–Crippen LogP) is 3.33. The predicted molar refractivity (Wildman–Crippen MR) is 154 cm³/mol. The van der Waals surface area contributed by atoms with Gasteiger partial charge in [0.1, 0.15) is 11.2 Å². The topological polar surface area (TPSA) is 126 Å². The molecule has 0 aliphatic carbocycles. The summed E-state index contributed by atoms with van der Waals surface area (Å²) in [6, 6.07) is 17.8. The number of aryl methyl sites for hydroxylation is 1. The van der Waals surface area contributed by atoms with Crippen molar-refractivity contribution in [1.82, 2.24) is 40.0 Å². The molecule has 12 nitrogen and oxygen atoms in total. The average Bonchev–Trinajstić information content (AvgIpc) is 3.73. The maximum Gasteiger partial charge on any atom is 0.274 e. The molecule has 5 aromatic rings. The van der Waals surface area contributed by atoms with Gasteiger partial charge in [0.15, 0.2) is 11.4 Å². The number of rotatable bonds is 6. The van der Waals surface area contributed by atoms with Gasteiger partial charge in [-0.25, -0.2) is 13.8 Å². The summed E-state index contributed by atoms with van der Waals surface area (Å²) >= 11 is 0. The van der Waals surface area contributed by atoms with Crippen molar-refractivity contribution < 1.29 is 22.8 Å². The molecule has 1 unspecified atom stereocenters. The minimum atomic E-state index is -3.06. The number of carbonyl (C=O) groups excluding carboxylic acids is 2. The number of benzene rings is 2. The normalized spacial score (nSPS) is 17.8. The van der Waals surface area contributed by atoms with Gasteiger partial charge in [-0.1, -0.05) is 30.3 Å². The zero-order valence-corrected chi connectivity index (χ0v) is 23.7. The number of piperazine rings is 1. The number of carbonyl (C=O) groups is 2. The maximum atomic E-state index is 13.8. The lowest BCUT2D eigenvalue weighted by Crippen LogP contribution is -2.50. The molecule has 2 fully saturated rings. The average molecular weight is 600 g/mol. The molecule has 2 aliphatic heterocycles. The van der Waals surface area contributed by atoms with Gasteiger partial charge in [-0.05, 0) is 41.1 Å². The highest BCUT2D eigenvalue weighted by Crippen LogP contribution is 2.34. The van der Waals surface area contributed by atoms with Crippen molar-refractivity contribution >= 4 is 28.6 Å². The minimum absolute atomic E-state index is 0.191. The van der Waals surface area contributed by atoms with E-state index in [4.69, 9.17) is 4.42 Å². The maximum absolute atomic E-state index is 13.8. The van der Waals surface area contributed by atoms with Crippen LogP contribution in [0.15, 0.2) is 71.3 Å². The molecule has 2 amide bonds. The van der Waals surface area contributed by atoms with Crippen LogP contribution in [0.2, 0.25) is 0 Å². The fourth-order valence-corrected chi connectivity index (χ4v) is 5.73. The molecule has 2 aromatic carbocycles.